The smallest absolute Gasteiger partial charge is 0.312 e. The van der Waals surface area contributed by atoms with Crippen LogP contribution in [0.5, 0.6) is 0 Å². The minimum absolute atomic E-state index is 0.0263. The molecule has 0 saturated heterocycles. The van der Waals surface area contributed by atoms with Crippen molar-refractivity contribution in [3.05, 3.63) is 26.9 Å². The number of hydrogen-bond donors (Lipinski definition) is 2. The molecule has 1 atom stereocenters. The van der Waals surface area contributed by atoms with Gasteiger partial charge in [-0.2, -0.15) is 0 Å². The third-order valence-electron chi connectivity index (χ3n) is 1.98. The number of hydrogen-bond acceptors (Lipinski definition) is 5. The van der Waals surface area contributed by atoms with Crippen molar-refractivity contribution >= 4 is 27.4 Å². The van der Waals surface area contributed by atoms with Crippen LogP contribution in [0.3, 0.4) is 0 Å². The van der Waals surface area contributed by atoms with E-state index in [0.717, 1.165) is 0 Å². The quantitative estimate of drug-likeness (QED) is 0.639. The summed E-state index contributed by atoms with van der Waals surface area (Å²) in [4.78, 5) is 14.2. The summed E-state index contributed by atoms with van der Waals surface area (Å²) in [5.74, 6) is 0.217. The van der Waals surface area contributed by atoms with Crippen molar-refractivity contribution in [3.8, 4) is 0 Å². The molecule has 1 aromatic rings. The van der Waals surface area contributed by atoms with E-state index in [4.69, 9.17) is 5.11 Å². The molecule has 1 rings (SSSR count). The minimum Gasteiger partial charge on any atom is -0.396 e. The summed E-state index contributed by atoms with van der Waals surface area (Å²) < 4.78 is 0.555. The standard InChI is InChI=1S/C9H12BrN3O3/c1-6(2-3-14)12-9-8(13(15)16)4-7(10)5-11-9/h4-6,14H,2-3H2,1H3,(H,11,12). The summed E-state index contributed by atoms with van der Waals surface area (Å²) in [5.41, 5.74) is -0.0841. The summed E-state index contributed by atoms with van der Waals surface area (Å²) in [6, 6.07) is 1.32. The normalized spacial score (nSPS) is 12.2. The summed E-state index contributed by atoms with van der Waals surface area (Å²) in [6.45, 7) is 1.85. The van der Waals surface area contributed by atoms with Crippen LogP contribution < -0.4 is 5.32 Å². The molecule has 0 radical (unpaired) electrons. The molecule has 0 aliphatic carbocycles. The van der Waals surface area contributed by atoms with Crippen molar-refractivity contribution < 1.29 is 10.0 Å². The van der Waals surface area contributed by atoms with E-state index in [2.05, 4.69) is 26.2 Å². The van der Waals surface area contributed by atoms with E-state index in [9.17, 15) is 10.1 Å². The predicted octanol–water partition coefficient (Wildman–Crippen LogP) is 1.94. The van der Waals surface area contributed by atoms with Crippen LogP contribution in [0.25, 0.3) is 0 Å². The summed E-state index contributed by atoms with van der Waals surface area (Å²) in [5, 5.41) is 22.4. The molecule has 0 amide bonds. The zero-order chi connectivity index (χ0) is 12.1. The molecule has 0 fully saturated rings. The van der Waals surface area contributed by atoms with Crippen LogP contribution in [0.4, 0.5) is 11.5 Å². The second-order valence-electron chi connectivity index (χ2n) is 3.34. The molecule has 0 aromatic carbocycles. The van der Waals surface area contributed by atoms with Crippen LogP contribution in [-0.4, -0.2) is 27.7 Å². The van der Waals surface area contributed by atoms with E-state index in [1.807, 2.05) is 6.92 Å². The van der Waals surface area contributed by atoms with Crippen molar-refractivity contribution in [2.24, 2.45) is 0 Å². The first-order chi connectivity index (χ1) is 7.54. The Labute approximate surface area is 101 Å². The fourth-order valence-electron chi connectivity index (χ4n) is 1.18. The molecule has 0 spiro atoms. The number of aromatic nitrogens is 1. The van der Waals surface area contributed by atoms with Gasteiger partial charge in [0.05, 0.1) is 4.92 Å². The monoisotopic (exact) mass is 289 g/mol. The van der Waals surface area contributed by atoms with Crippen LogP contribution in [0.2, 0.25) is 0 Å². The van der Waals surface area contributed by atoms with Gasteiger partial charge in [-0.05, 0) is 29.3 Å². The Hall–Kier alpha value is -1.21. The number of aliphatic hydroxyl groups excluding tert-OH is 1. The van der Waals surface area contributed by atoms with E-state index >= 15 is 0 Å². The summed E-state index contributed by atoms with van der Waals surface area (Å²) in [7, 11) is 0. The van der Waals surface area contributed by atoms with E-state index in [0.29, 0.717) is 10.9 Å². The highest BCUT2D eigenvalue weighted by Gasteiger charge is 2.17. The highest BCUT2D eigenvalue weighted by molar-refractivity contribution is 9.10. The predicted molar refractivity (Wildman–Crippen MR) is 63.4 cm³/mol. The van der Waals surface area contributed by atoms with Crippen molar-refractivity contribution in [1.29, 1.82) is 0 Å². The number of nitrogens with zero attached hydrogens (tertiary/aromatic N) is 2. The van der Waals surface area contributed by atoms with E-state index in [-0.39, 0.29) is 24.2 Å². The molecule has 7 heteroatoms. The van der Waals surface area contributed by atoms with Crippen molar-refractivity contribution in [2.45, 2.75) is 19.4 Å². The van der Waals surface area contributed by atoms with Gasteiger partial charge in [0.25, 0.3) is 0 Å². The molecule has 88 valence electrons. The van der Waals surface area contributed by atoms with Crippen LogP contribution in [0, 0.1) is 10.1 Å². The van der Waals surface area contributed by atoms with Crippen molar-refractivity contribution in [2.75, 3.05) is 11.9 Å². The highest BCUT2D eigenvalue weighted by Crippen LogP contribution is 2.25. The van der Waals surface area contributed by atoms with Gasteiger partial charge >= 0.3 is 5.69 Å². The zero-order valence-electron chi connectivity index (χ0n) is 8.68. The topological polar surface area (TPSA) is 88.3 Å². The van der Waals surface area contributed by atoms with E-state index < -0.39 is 4.92 Å². The fourth-order valence-corrected chi connectivity index (χ4v) is 1.50. The first-order valence-corrected chi connectivity index (χ1v) is 5.51. The third-order valence-corrected chi connectivity index (χ3v) is 2.41. The summed E-state index contributed by atoms with van der Waals surface area (Å²) in [6.07, 6.45) is 2.00. The Morgan fingerprint density at radius 2 is 2.44 bits per heavy atom. The van der Waals surface area contributed by atoms with Crippen molar-refractivity contribution in [3.63, 3.8) is 0 Å². The number of nitrogens with one attached hydrogen (secondary N) is 1. The first kappa shape index (κ1) is 12.9. The van der Waals surface area contributed by atoms with Crippen LogP contribution in [0.1, 0.15) is 13.3 Å². The number of rotatable bonds is 5. The Bertz CT molecular complexity index is 386. The SMILES string of the molecule is CC(CCO)Nc1ncc(Br)cc1[N+](=O)[O-]. The lowest BCUT2D eigenvalue weighted by molar-refractivity contribution is -0.384. The number of anilines is 1. The van der Waals surface area contributed by atoms with E-state index in [1.54, 1.807) is 0 Å². The number of nitro groups is 1. The molecule has 0 aliphatic heterocycles. The lowest BCUT2D eigenvalue weighted by Crippen LogP contribution is -2.18. The average Bonchev–Trinajstić information content (AvgIpc) is 2.20. The molecule has 0 bridgehead atoms. The molecule has 1 aromatic heterocycles. The fraction of sp³-hybridized carbons (Fsp3) is 0.444. The van der Waals surface area contributed by atoms with Gasteiger partial charge in [-0.15, -0.1) is 0 Å². The number of aliphatic hydroxyl groups is 1. The maximum Gasteiger partial charge on any atom is 0.312 e. The third kappa shape index (κ3) is 3.42. The summed E-state index contributed by atoms with van der Waals surface area (Å²) >= 11 is 3.13. The molecule has 1 unspecified atom stereocenters. The van der Waals surface area contributed by atoms with Gasteiger partial charge in [-0.3, -0.25) is 10.1 Å². The van der Waals surface area contributed by atoms with Gasteiger partial charge in [0.1, 0.15) is 0 Å². The molecule has 2 N–H and O–H groups in total. The Morgan fingerprint density at radius 1 is 1.75 bits per heavy atom. The molecule has 0 aliphatic rings. The molecule has 6 nitrogen and oxygen atoms in total. The van der Waals surface area contributed by atoms with Gasteiger partial charge in [0.15, 0.2) is 0 Å². The van der Waals surface area contributed by atoms with Gasteiger partial charge in [0.2, 0.25) is 5.82 Å². The van der Waals surface area contributed by atoms with Gasteiger partial charge in [0, 0.05) is 29.4 Å². The van der Waals surface area contributed by atoms with Crippen LogP contribution >= 0.6 is 15.9 Å². The Balaban J connectivity index is 2.90. The minimum atomic E-state index is -0.494. The van der Waals surface area contributed by atoms with Crippen LogP contribution in [-0.2, 0) is 0 Å². The Morgan fingerprint density at radius 3 is 3.00 bits per heavy atom. The van der Waals surface area contributed by atoms with Crippen molar-refractivity contribution in [1.82, 2.24) is 4.98 Å². The largest absolute Gasteiger partial charge is 0.396 e. The molecule has 16 heavy (non-hydrogen) atoms. The first-order valence-electron chi connectivity index (χ1n) is 4.72. The van der Waals surface area contributed by atoms with Crippen LogP contribution in [0.15, 0.2) is 16.7 Å². The molecular weight excluding hydrogens is 278 g/mol. The number of pyridine rings is 1. The number of halogens is 1. The van der Waals surface area contributed by atoms with E-state index in [1.165, 1.54) is 12.3 Å². The van der Waals surface area contributed by atoms with Gasteiger partial charge in [-0.25, -0.2) is 4.98 Å². The molecular formula is C9H12BrN3O3. The molecule has 0 saturated carbocycles. The lowest BCUT2D eigenvalue weighted by Gasteiger charge is -2.12. The second kappa shape index (κ2) is 5.76. The average molecular weight is 290 g/mol. The zero-order valence-corrected chi connectivity index (χ0v) is 10.3. The molecule has 1 heterocycles. The lowest BCUT2D eigenvalue weighted by atomic mass is 10.2. The van der Waals surface area contributed by atoms with Gasteiger partial charge in [-0.1, -0.05) is 0 Å². The maximum atomic E-state index is 10.8. The maximum absolute atomic E-state index is 10.8. The van der Waals surface area contributed by atoms with Gasteiger partial charge < -0.3 is 10.4 Å². The second-order valence-corrected chi connectivity index (χ2v) is 4.25. The highest BCUT2D eigenvalue weighted by atomic mass is 79.9. The Kier molecular flexibility index (Phi) is 4.63.